The van der Waals surface area contributed by atoms with Crippen LogP contribution in [0.3, 0.4) is 0 Å². The lowest BCUT2D eigenvalue weighted by atomic mass is 9.85. The number of nitrogens with one attached hydrogen (secondary N) is 1. The van der Waals surface area contributed by atoms with E-state index in [1.54, 1.807) is 0 Å². The van der Waals surface area contributed by atoms with Crippen molar-refractivity contribution in [3.8, 4) is 0 Å². The van der Waals surface area contributed by atoms with E-state index in [9.17, 15) is 0 Å². The van der Waals surface area contributed by atoms with Crippen LogP contribution in [0.4, 0.5) is 0 Å². The molecule has 1 fully saturated rings. The zero-order valence-electron chi connectivity index (χ0n) is 11.6. The molecule has 0 saturated heterocycles. The van der Waals surface area contributed by atoms with Gasteiger partial charge in [-0.25, -0.2) is 0 Å². The summed E-state index contributed by atoms with van der Waals surface area (Å²) >= 11 is 0. The van der Waals surface area contributed by atoms with Crippen LogP contribution in [0.2, 0.25) is 0 Å². The van der Waals surface area contributed by atoms with Crippen LogP contribution in [-0.4, -0.2) is 12.6 Å². The minimum Gasteiger partial charge on any atom is -0.314 e. The van der Waals surface area contributed by atoms with Gasteiger partial charge in [-0.2, -0.15) is 0 Å². The van der Waals surface area contributed by atoms with Crippen molar-refractivity contribution in [2.75, 3.05) is 6.54 Å². The molecule has 0 amide bonds. The fourth-order valence-electron chi connectivity index (χ4n) is 2.72. The SMILES string of the molecule is CCCCCCNC1CCCC(C)(C)CC1. The van der Waals surface area contributed by atoms with Gasteiger partial charge < -0.3 is 5.32 Å². The van der Waals surface area contributed by atoms with Crippen LogP contribution >= 0.6 is 0 Å². The highest BCUT2D eigenvalue weighted by atomic mass is 14.9. The first-order valence-corrected chi connectivity index (χ1v) is 7.37. The minimum absolute atomic E-state index is 0.596. The van der Waals surface area contributed by atoms with Crippen molar-refractivity contribution in [1.82, 2.24) is 5.32 Å². The van der Waals surface area contributed by atoms with Crippen molar-refractivity contribution >= 4 is 0 Å². The molecule has 0 radical (unpaired) electrons. The van der Waals surface area contributed by atoms with Crippen LogP contribution in [0.1, 0.15) is 78.6 Å². The molecule has 1 aliphatic carbocycles. The highest BCUT2D eigenvalue weighted by Crippen LogP contribution is 2.33. The Balaban J connectivity index is 2.08. The number of hydrogen-bond donors (Lipinski definition) is 1. The number of hydrogen-bond acceptors (Lipinski definition) is 1. The Morgan fingerprint density at radius 3 is 2.62 bits per heavy atom. The van der Waals surface area contributed by atoms with Gasteiger partial charge in [-0.3, -0.25) is 0 Å². The van der Waals surface area contributed by atoms with Gasteiger partial charge in [-0.05, 0) is 44.1 Å². The molecule has 1 heteroatoms. The molecule has 0 aromatic carbocycles. The molecule has 1 saturated carbocycles. The van der Waals surface area contributed by atoms with Gasteiger partial charge in [-0.15, -0.1) is 0 Å². The molecule has 0 aromatic rings. The first-order chi connectivity index (χ1) is 7.64. The Morgan fingerprint density at radius 1 is 1.06 bits per heavy atom. The third kappa shape index (κ3) is 5.89. The molecule has 0 bridgehead atoms. The molecular formula is C15H31N. The second-order valence-electron chi connectivity index (χ2n) is 6.31. The van der Waals surface area contributed by atoms with Crippen molar-refractivity contribution < 1.29 is 0 Å². The summed E-state index contributed by atoms with van der Waals surface area (Å²) in [6, 6.07) is 0.809. The van der Waals surface area contributed by atoms with Crippen LogP contribution < -0.4 is 5.32 Å². The number of unbranched alkanes of at least 4 members (excludes halogenated alkanes) is 3. The average molecular weight is 225 g/mol. The lowest BCUT2D eigenvalue weighted by Gasteiger charge is -2.22. The first-order valence-electron chi connectivity index (χ1n) is 7.37. The molecule has 0 aromatic heterocycles. The maximum absolute atomic E-state index is 3.76. The van der Waals surface area contributed by atoms with Gasteiger partial charge in [0.1, 0.15) is 0 Å². The smallest absolute Gasteiger partial charge is 0.00672 e. The van der Waals surface area contributed by atoms with E-state index in [1.807, 2.05) is 0 Å². The molecule has 1 unspecified atom stereocenters. The summed E-state index contributed by atoms with van der Waals surface area (Å²) in [5.41, 5.74) is 0.596. The zero-order chi connectivity index (χ0) is 11.9. The fraction of sp³-hybridized carbons (Fsp3) is 1.00. The standard InChI is InChI=1S/C15H31N/c1-4-5-6-7-13-16-14-9-8-11-15(2,3)12-10-14/h14,16H,4-13H2,1-3H3. The van der Waals surface area contributed by atoms with Crippen LogP contribution in [0.5, 0.6) is 0 Å². The molecule has 0 aliphatic heterocycles. The summed E-state index contributed by atoms with van der Waals surface area (Å²) in [5.74, 6) is 0. The quantitative estimate of drug-likeness (QED) is 0.518. The zero-order valence-corrected chi connectivity index (χ0v) is 11.6. The van der Waals surface area contributed by atoms with Gasteiger partial charge in [0.05, 0.1) is 0 Å². The topological polar surface area (TPSA) is 12.0 Å². The average Bonchev–Trinajstić information content (AvgIpc) is 2.40. The van der Waals surface area contributed by atoms with Crippen LogP contribution in [0.15, 0.2) is 0 Å². The van der Waals surface area contributed by atoms with Crippen LogP contribution in [0, 0.1) is 5.41 Å². The summed E-state index contributed by atoms with van der Waals surface area (Å²) in [6.07, 6.45) is 12.5. The predicted molar refractivity (Wildman–Crippen MR) is 72.8 cm³/mol. The third-order valence-electron chi connectivity index (χ3n) is 4.04. The van der Waals surface area contributed by atoms with Crippen LogP contribution in [-0.2, 0) is 0 Å². The molecular weight excluding hydrogens is 194 g/mol. The number of rotatable bonds is 6. The molecule has 0 spiro atoms. The van der Waals surface area contributed by atoms with E-state index < -0.39 is 0 Å². The van der Waals surface area contributed by atoms with Gasteiger partial charge in [-0.1, -0.05) is 46.5 Å². The van der Waals surface area contributed by atoms with E-state index in [0.717, 1.165) is 6.04 Å². The van der Waals surface area contributed by atoms with Gasteiger partial charge >= 0.3 is 0 Å². The van der Waals surface area contributed by atoms with Crippen LogP contribution in [0.25, 0.3) is 0 Å². The van der Waals surface area contributed by atoms with Crippen molar-refractivity contribution in [2.45, 2.75) is 84.6 Å². The predicted octanol–water partition coefficient (Wildman–Crippen LogP) is 4.52. The summed E-state index contributed by atoms with van der Waals surface area (Å²) in [6.45, 7) is 8.37. The Hall–Kier alpha value is -0.0400. The Kier molecular flexibility index (Phi) is 6.41. The van der Waals surface area contributed by atoms with Gasteiger partial charge in [0.15, 0.2) is 0 Å². The largest absolute Gasteiger partial charge is 0.314 e. The third-order valence-corrected chi connectivity index (χ3v) is 4.04. The first kappa shape index (κ1) is 14.0. The monoisotopic (exact) mass is 225 g/mol. The second-order valence-corrected chi connectivity index (χ2v) is 6.31. The lowest BCUT2D eigenvalue weighted by Crippen LogP contribution is -2.29. The van der Waals surface area contributed by atoms with Crippen molar-refractivity contribution in [3.05, 3.63) is 0 Å². The highest BCUT2D eigenvalue weighted by Gasteiger charge is 2.23. The molecule has 16 heavy (non-hydrogen) atoms. The van der Waals surface area contributed by atoms with E-state index in [2.05, 4.69) is 26.1 Å². The van der Waals surface area contributed by atoms with E-state index in [-0.39, 0.29) is 0 Å². The van der Waals surface area contributed by atoms with Gasteiger partial charge in [0, 0.05) is 6.04 Å². The molecule has 1 nitrogen and oxygen atoms in total. The Bertz CT molecular complexity index is 174. The van der Waals surface area contributed by atoms with Crippen molar-refractivity contribution in [2.24, 2.45) is 5.41 Å². The van der Waals surface area contributed by atoms with E-state index in [1.165, 1.54) is 64.3 Å². The summed E-state index contributed by atoms with van der Waals surface area (Å²) in [7, 11) is 0. The highest BCUT2D eigenvalue weighted by molar-refractivity contribution is 4.79. The van der Waals surface area contributed by atoms with E-state index in [0.29, 0.717) is 5.41 Å². The molecule has 1 N–H and O–H groups in total. The normalized spacial score (nSPS) is 25.3. The van der Waals surface area contributed by atoms with E-state index >= 15 is 0 Å². The Morgan fingerprint density at radius 2 is 1.88 bits per heavy atom. The second kappa shape index (κ2) is 7.32. The van der Waals surface area contributed by atoms with E-state index in [4.69, 9.17) is 0 Å². The molecule has 1 rings (SSSR count). The van der Waals surface area contributed by atoms with Crippen molar-refractivity contribution in [1.29, 1.82) is 0 Å². The molecule has 0 heterocycles. The fourth-order valence-corrected chi connectivity index (χ4v) is 2.72. The maximum atomic E-state index is 3.76. The van der Waals surface area contributed by atoms with Gasteiger partial charge in [0.2, 0.25) is 0 Å². The minimum atomic E-state index is 0.596. The Labute approximate surface area is 102 Å². The molecule has 96 valence electrons. The molecule has 1 aliphatic rings. The summed E-state index contributed by atoms with van der Waals surface area (Å²) in [4.78, 5) is 0. The summed E-state index contributed by atoms with van der Waals surface area (Å²) < 4.78 is 0. The maximum Gasteiger partial charge on any atom is 0.00672 e. The molecule has 1 atom stereocenters. The summed E-state index contributed by atoms with van der Waals surface area (Å²) in [5, 5.41) is 3.76. The van der Waals surface area contributed by atoms with Gasteiger partial charge in [0.25, 0.3) is 0 Å². The lowest BCUT2D eigenvalue weighted by molar-refractivity contribution is 0.309. The van der Waals surface area contributed by atoms with Crippen molar-refractivity contribution in [3.63, 3.8) is 0 Å².